The Balaban J connectivity index is 1.54. The highest BCUT2D eigenvalue weighted by Gasteiger charge is 2.30. The first-order chi connectivity index (χ1) is 17.2. The van der Waals surface area contributed by atoms with Crippen molar-refractivity contribution in [1.29, 1.82) is 0 Å². The molecule has 0 saturated heterocycles. The minimum atomic E-state index is -0.766. The van der Waals surface area contributed by atoms with Gasteiger partial charge in [-0.2, -0.15) is 0 Å². The zero-order valence-electron chi connectivity index (χ0n) is 20.8. The molecule has 0 aliphatic carbocycles. The van der Waals surface area contributed by atoms with Crippen LogP contribution in [0.1, 0.15) is 39.1 Å². The van der Waals surface area contributed by atoms with Crippen LogP contribution in [-0.2, 0) is 23.4 Å². The third-order valence-electron chi connectivity index (χ3n) is 5.74. The number of hydrogen-bond acceptors (Lipinski definition) is 4. The Labute approximate surface area is 226 Å². The van der Waals surface area contributed by atoms with Gasteiger partial charge in [0.1, 0.15) is 5.75 Å². The van der Waals surface area contributed by atoms with Crippen LogP contribution in [0.25, 0.3) is 11.0 Å². The summed E-state index contributed by atoms with van der Waals surface area (Å²) < 4.78 is 8.40. The smallest absolute Gasteiger partial charge is 0.228 e. The van der Waals surface area contributed by atoms with Crippen molar-refractivity contribution >= 4 is 57.6 Å². The average molecular weight is 543 g/mol. The Kier molecular flexibility index (Phi) is 8.18. The summed E-state index contributed by atoms with van der Waals surface area (Å²) in [7, 11) is 0. The molecule has 0 radical (unpaired) electrons. The number of thioether (sulfide) groups is 1. The molecule has 5 nitrogen and oxygen atoms in total. The summed E-state index contributed by atoms with van der Waals surface area (Å²) in [6.45, 7) is 8.82. The van der Waals surface area contributed by atoms with E-state index in [0.29, 0.717) is 34.4 Å². The Morgan fingerprint density at radius 3 is 2.47 bits per heavy atom. The number of aryl methyl sites for hydroxylation is 1. The second-order valence-electron chi connectivity index (χ2n) is 8.87. The fraction of sp³-hybridized carbons (Fsp3) is 0.286. The van der Waals surface area contributed by atoms with E-state index in [-0.39, 0.29) is 5.91 Å². The van der Waals surface area contributed by atoms with E-state index in [1.165, 1.54) is 4.90 Å². The number of carbonyl (C=O) groups is 1. The van der Waals surface area contributed by atoms with Crippen LogP contribution in [0.15, 0.2) is 65.6 Å². The fourth-order valence-corrected chi connectivity index (χ4v) is 5.24. The SMILES string of the molecule is CCSc1ccc(CC(=O)Nc2ccc3c(c2)nc(C(C)(C)Oc2ccc(Cl)cc2Cl)n3CC)cc1. The van der Waals surface area contributed by atoms with Crippen LogP contribution in [-0.4, -0.2) is 21.2 Å². The maximum Gasteiger partial charge on any atom is 0.228 e. The molecular formula is C28H29Cl2N3O2S. The first-order valence-electron chi connectivity index (χ1n) is 11.9. The summed E-state index contributed by atoms with van der Waals surface area (Å²) in [5, 5.41) is 4.00. The summed E-state index contributed by atoms with van der Waals surface area (Å²) in [4.78, 5) is 18.8. The van der Waals surface area contributed by atoms with Crippen molar-refractivity contribution in [3.8, 4) is 5.75 Å². The number of fused-ring (bicyclic) bond motifs is 1. The molecular weight excluding hydrogens is 513 g/mol. The molecule has 4 aromatic rings. The van der Waals surface area contributed by atoms with Crippen LogP contribution >= 0.6 is 35.0 Å². The second-order valence-corrected chi connectivity index (χ2v) is 11.1. The topological polar surface area (TPSA) is 56.1 Å². The molecule has 0 saturated carbocycles. The number of nitrogens with zero attached hydrogens (tertiary/aromatic N) is 2. The van der Waals surface area contributed by atoms with Gasteiger partial charge < -0.3 is 14.6 Å². The van der Waals surface area contributed by atoms with Crippen LogP contribution in [0.3, 0.4) is 0 Å². The molecule has 0 unspecified atom stereocenters. The highest BCUT2D eigenvalue weighted by Crippen LogP contribution is 2.35. The van der Waals surface area contributed by atoms with E-state index in [0.717, 1.165) is 28.2 Å². The predicted octanol–water partition coefficient (Wildman–Crippen LogP) is 7.97. The molecule has 1 aromatic heterocycles. The molecule has 1 N–H and O–H groups in total. The lowest BCUT2D eigenvalue weighted by Crippen LogP contribution is -2.29. The van der Waals surface area contributed by atoms with Gasteiger partial charge in [-0.15, -0.1) is 11.8 Å². The minimum absolute atomic E-state index is 0.0681. The molecule has 36 heavy (non-hydrogen) atoms. The molecule has 4 rings (SSSR count). The lowest BCUT2D eigenvalue weighted by Gasteiger charge is -2.27. The van der Waals surface area contributed by atoms with Gasteiger partial charge in [-0.25, -0.2) is 4.98 Å². The monoisotopic (exact) mass is 541 g/mol. The number of rotatable bonds is 9. The van der Waals surface area contributed by atoms with Crippen LogP contribution in [0.5, 0.6) is 5.75 Å². The van der Waals surface area contributed by atoms with Crippen molar-refractivity contribution in [1.82, 2.24) is 9.55 Å². The molecule has 0 spiro atoms. The van der Waals surface area contributed by atoms with E-state index < -0.39 is 5.60 Å². The number of imidazole rings is 1. The summed E-state index contributed by atoms with van der Waals surface area (Å²) in [6, 6.07) is 19.1. The van der Waals surface area contributed by atoms with Gasteiger partial charge in [-0.05, 0) is 80.6 Å². The van der Waals surface area contributed by atoms with E-state index in [4.69, 9.17) is 32.9 Å². The average Bonchev–Trinajstić information content (AvgIpc) is 3.21. The van der Waals surface area contributed by atoms with E-state index in [1.54, 1.807) is 30.0 Å². The summed E-state index contributed by atoms with van der Waals surface area (Å²) in [6.07, 6.45) is 0.312. The number of ether oxygens (including phenoxy) is 1. The zero-order valence-corrected chi connectivity index (χ0v) is 23.1. The maximum absolute atomic E-state index is 12.7. The molecule has 0 aliphatic rings. The van der Waals surface area contributed by atoms with Gasteiger partial charge >= 0.3 is 0 Å². The van der Waals surface area contributed by atoms with Crippen molar-refractivity contribution in [3.05, 3.63) is 82.1 Å². The molecule has 1 amide bonds. The van der Waals surface area contributed by atoms with E-state index in [9.17, 15) is 4.79 Å². The second kappa shape index (κ2) is 11.2. The van der Waals surface area contributed by atoms with Crippen molar-refractivity contribution in [2.24, 2.45) is 0 Å². The number of benzene rings is 3. The van der Waals surface area contributed by atoms with Gasteiger partial charge in [-0.1, -0.05) is 42.3 Å². The van der Waals surface area contributed by atoms with Gasteiger partial charge in [0.2, 0.25) is 5.91 Å². The molecule has 0 bridgehead atoms. The van der Waals surface area contributed by atoms with E-state index in [2.05, 4.69) is 35.9 Å². The third kappa shape index (κ3) is 6.00. The number of anilines is 1. The molecule has 3 aromatic carbocycles. The molecule has 8 heteroatoms. The van der Waals surface area contributed by atoms with Crippen molar-refractivity contribution in [3.63, 3.8) is 0 Å². The first-order valence-corrected chi connectivity index (χ1v) is 13.6. The minimum Gasteiger partial charge on any atom is -0.478 e. The number of hydrogen-bond donors (Lipinski definition) is 1. The summed E-state index contributed by atoms with van der Waals surface area (Å²) in [5.74, 6) is 2.26. The Bertz CT molecular complexity index is 1380. The van der Waals surface area contributed by atoms with Gasteiger partial charge in [0.25, 0.3) is 0 Å². The number of aromatic nitrogens is 2. The van der Waals surface area contributed by atoms with Crippen molar-refractivity contribution < 1.29 is 9.53 Å². The summed E-state index contributed by atoms with van der Waals surface area (Å²) >= 11 is 14.2. The van der Waals surface area contributed by atoms with Gasteiger partial charge in [0.05, 0.1) is 22.5 Å². The molecule has 188 valence electrons. The molecule has 1 heterocycles. The maximum atomic E-state index is 12.7. The normalized spacial score (nSPS) is 11.6. The number of nitrogens with one attached hydrogen (secondary N) is 1. The lowest BCUT2D eigenvalue weighted by molar-refractivity contribution is -0.115. The van der Waals surface area contributed by atoms with E-state index in [1.807, 2.05) is 44.2 Å². The molecule has 0 atom stereocenters. The largest absolute Gasteiger partial charge is 0.478 e. The highest BCUT2D eigenvalue weighted by molar-refractivity contribution is 7.99. The van der Waals surface area contributed by atoms with Crippen LogP contribution in [0.2, 0.25) is 10.0 Å². The Hall–Kier alpha value is -2.67. The van der Waals surface area contributed by atoms with Crippen molar-refractivity contribution in [2.45, 2.75) is 51.2 Å². The van der Waals surface area contributed by atoms with Crippen molar-refractivity contribution in [2.75, 3.05) is 11.1 Å². The first kappa shape index (κ1) is 26.4. The van der Waals surface area contributed by atoms with Crippen LogP contribution in [0, 0.1) is 0 Å². The Morgan fingerprint density at radius 1 is 1.06 bits per heavy atom. The Morgan fingerprint density at radius 2 is 1.81 bits per heavy atom. The van der Waals surface area contributed by atoms with Gasteiger partial charge in [-0.3, -0.25) is 4.79 Å². The zero-order chi connectivity index (χ0) is 25.9. The number of halogens is 2. The number of amides is 1. The number of carbonyl (C=O) groups excluding carboxylic acids is 1. The van der Waals surface area contributed by atoms with Crippen LogP contribution < -0.4 is 10.1 Å². The van der Waals surface area contributed by atoms with E-state index >= 15 is 0 Å². The fourth-order valence-electron chi connectivity index (χ4n) is 4.13. The lowest BCUT2D eigenvalue weighted by atomic mass is 10.1. The van der Waals surface area contributed by atoms with Gasteiger partial charge in [0, 0.05) is 22.2 Å². The standard InChI is InChI=1S/C28H29Cl2N3O2S/c1-5-33-24-13-10-20(31-26(34)15-18-7-11-21(12-8-18)36-6-2)17-23(24)32-27(33)28(3,4)35-25-14-9-19(29)16-22(25)30/h7-14,16-17H,5-6,15H2,1-4H3,(H,31,34). The molecule has 0 aliphatic heterocycles. The third-order valence-corrected chi connectivity index (χ3v) is 7.17. The highest BCUT2D eigenvalue weighted by atomic mass is 35.5. The quantitative estimate of drug-likeness (QED) is 0.218. The summed E-state index contributed by atoms with van der Waals surface area (Å²) in [5.41, 5.74) is 2.67. The van der Waals surface area contributed by atoms with Crippen LogP contribution in [0.4, 0.5) is 5.69 Å². The van der Waals surface area contributed by atoms with Gasteiger partial charge in [0.15, 0.2) is 11.4 Å². The molecule has 0 fully saturated rings. The predicted molar refractivity (Wildman–Crippen MR) is 151 cm³/mol.